The molecule has 0 bridgehead atoms. The Bertz CT molecular complexity index is 504. The van der Waals surface area contributed by atoms with Gasteiger partial charge < -0.3 is 15.4 Å². The second-order valence-corrected chi connectivity index (χ2v) is 5.67. The summed E-state index contributed by atoms with van der Waals surface area (Å²) < 4.78 is 4.66. The fourth-order valence-corrected chi connectivity index (χ4v) is 1.54. The number of anilines is 1. The maximum absolute atomic E-state index is 11.9. The maximum Gasteiger partial charge on any atom is 0.337 e. The molecule has 0 saturated heterocycles. The highest BCUT2D eigenvalue weighted by Crippen LogP contribution is 2.17. The van der Waals surface area contributed by atoms with Crippen LogP contribution in [0, 0.1) is 6.92 Å². The number of rotatable bonds is 4. The van der Waals surface area contributed by atoms with Crippen molar-refractivity contribution in [3.63, 3.8) is 0 Å². The van der Waals surface area contributed by atoms with Gasteiger partial charge in [-0.2, -0.15) is 0 Å². The Labute approximate surface area is 119 Å². The van der Waals surface area contributed by atoms with Crippen LogP contribution in [0.5, 0.6) is 0 Å². The molecule has 0 fully saturated rings. The first kappa shape index (κ1) is 16.2. The Kier molecular flexibility index (Phi) is 5.27. The average Bonchev–Trinajstić information content (AvgIpc) is 2.37. The summed E-state index contributed by atoms with van der Waals surface area (Å²) >= 11 is 0. The predicted molar refractivity (Wildman–Crippen MR) is 78.9 cm³/mol. The van der Waals surface area contributed by atoms with E-state index in [1.54, 1.807) is 18.2 Å². The molecule has 0 unspecified atom stereocenters. The van der Waals surface area contributed by atoms with Gasteiger partial charge in [0.05, 0.1) is 19.2 Å². The lowest BCUT2D eigenvalue weighted by atomic mass is 10.1. The minimum Gasteiger partial charge on any atom is -0.465 e. The number of carbonyl (C=O) groups is 2. The van der Waals surface area contributed by atoms with Gasteiger partial charge >= 0.3 is 5.97 Å². The van der Waals surface area contributed by atoms with E-state index in [1.807, 2.05) is 27.7 Å². The molecule has 0 radical (unpaired) electrons. The van der Waals surface area contributed by atoms with Gasteiger partial charge in [-0.3, -0.25) is 4.79 Å². The van der Waals surface area contributed by atoms with Crippen LogP contribution >= 0.6 is 0 Å². The Morgan fingerprint density at radius 2 is 1.90 bits per heavy atom. The number of benzene rings is 1. The SMILES string of the molecule is COC(=O)c1ccc(C)c(NC(=O)CNC(C)(C)C)c1. The Hall–Kier alpha value is -1.88. The number of hydrogen-bond donors (Lipinski definition) is 2. The monoisotopic (exact) mass is 278 g/mol. The molecule has 2 N–H and O–H groups in total. The van der Waals surface area contributed by atoms with E-state index in [1.165, 1.54) is 7.11 Å². The van der Waals surface area contributed by atoms with Gasteiger partial charge in [-0.05, 0) is 45.4 Å². The van der Waals surface area contributed by atoms with Gasteiger partial charge in [0.25, 0.3) is 0 Å². The largest absolute Gasteiger partial charge is 0.465 e. The van der Waals surface area contributed by atoms with Crippen LogP contribution in [0.25, 0.3) is 0 Å². The van der Waals surface area contributed by atoms with Crippen LogP contribution in [0.4, 0.5) is 5.69 Å². The summed E-state index contributed by atoms with van der Waals surface area (Å²) in [5.74, 6) is -0.571. The summed E-state index contributed by atoms with van der Waals surface area (Å²) in [5, 5.41) is 5.90. The number of ether oxygens (including phenoxy) is 1. The number of hydrogen-bond acceptors (Lipinski definition) is 4. The molecule has 1 rings (SSSR count). The van der Waals surface area contributed by atoms with Crippen molar-refractivity contribution >= 4 is 17.6 Å². The number of aryl methyl sites for hydroxylation is 1. The van der Waals surface area contributed by atoms with E-state index in [4.69, 9.17) is 0 Å². The fourth-order valence-electron chi connectivity index (χ4n) is 1.54. The second-order valence-electron chi connectivity index (χ2n) is 5.67. The molecule has 1 aromatic rings. The van der Waals surface area contributed by atoms with Crippen molar-refractivity contribution < 1.29 is 14.3 Å². The summed E-state index contributed by atoms with van der Waals surface area (Å²) in [5.41, 5.74) is 1.80. The van der Waals surface area contributed by atoms with Gasteiger partial charge in [-0.1, -0.05) is 6.07 Å². The van der Waals surface area contributed by atoms with E-state index in [0.29, 0.717) is 11.3 Å². The van der Waals surface area contributed by atoms with E-state index >= 15 is 0 Å². The van der Waals surface area contributed by atoms with Gasteiger partial charge in [0.15, 0.2) is 0 Å². The first-order valence-electron chi connectivity index (χ1n) is 6.47. The molecule has 20 heavy (non-hydrogen) atoms. The van der Waals surface area contributed by atoms with Crippen molar-refractivity contribution in [3.05, 3.63) is 29.3 Å². The van der Waals surface area contributed by atoms with Crippen LogP contribution in [0.3, 0.4) is 0 Å². The van der Waals surface area contributed by atoms with Crippen molar-refractivity contribution in [2.24, 2.45) is 0 Å². The fraction of sp³-hybridized carbons (Fsp3) is 0.467. The molecule has 0 spiro atoms. The molecule has 1 aromatic carbocycles. The normalized spacial score (nSPS) is 11.1. The van der Waals surface area contributed by atoms with E-state index in [9.17, 15) is 9.59 Å². The number of carbonyl (C=O) groups excluding carboxylic acids is 2. The molecule has 0 heterocycles. The summed E-state index contributed by atoms with van der Waals surface area (Å²) in [6, 6.07) is 5.07. The average molecular weight is 278 g/mol. The number of nitrogens with one attached hydrogen (secondary N) is 2. The van der Waals surface area contributed by atoms with E-state index in [2.05, 4.69) is 15.4 Å². The van der Waals surface area contributed by atoms with Crippen LogP contribution in [0.2, 0.25) is 0 Å². The van der Waals surface area contributed by atoms with Crippen LogP contribution in [-0.2, 0) is 9.53 Å². The molecule has 0 aliphatic rings. The topological polar surface area (TPSA) is 67.4 Å². The smallest absolute Gasteiger partial charge is 0.337 e. The van der Waals surface area contributed by atoms with E-state index in [-0.39, 0.29) is 18.0 Å². The molecule has 0 aliphatic carbocycles. The minimum absolute atomic E-state index is 0.125. The van der Waals surface area contributed by atoms with Gasteiger partial charge in [0.2, 0.25) is 5.91 Å². The Balaban J connectivity index is 2.76. The Morgan fingerprint density at radius 3 is 2.45 bits per heavy atom. The summed E-state index contributed by atoms with van der Waals surface area (Å²) in [4.78, 5) is 23.3. The number of methoxy groups -OCH3 is 1. The minimum atomic E-state index is -0.423. The van der Waals surface area contributed by atoms with Gasteiger partial charge in [0, 0.05) is 11.2 Å². The molecule has 5 heteroatoms. The first-order chi connectivity index (χ1) is 9.23. The second kappa shape index (κ2) is 6.52. The van der Waals surface area contributed by atoms with Gasteiger partial charge in [0.1, 0.15) is 0 Å². The maximum atomic E-state index is 11.9. The molecule has 1 amide bonds. The number of esters is 1. The Morgan fingerprint density at radius 1 is 1.25 bits per heavy atom. The molecule has 110 valence electrons. The van der Waals surface area contributed by atoms with Gasteiger partial charge in [-0.15, -0.1) is 0 Å². The van der Waals surface area contributed by atoms with Gasteiger partial charge in [-0.25, -0.2) is 4.79 Å². The highest BCUT2D eigenvalue weighted by atomic mass is 16.5. The molecule has 0 atom stereocenters. The van der Waals surface area contributed by atoms with Crippen LogP contribution in [0.1, 0.15) is 36.7 Å². The molecular formula is C15H22N2O3. The molecule has 0 aromatic heterocycles. The number of amides is 1. The van der Waals surface area contributed by atoms with E-state index < -0.39 is 5.97 Å². The third-order valence-electron chi connectivity index (χ3n) is 2.71. The zero-order valence-corrected chi connectivity index (χ0v) is 12.7. The molecular weight excluding hydrogens is 256 g/mol. The van der Waals surface area contributed by atoms with E-state index in [0.717, 1.165) is 5.56 Å². The summed E-state index contributed by atoms with van der Waals surface area (Å²) in [7, 11) is 1.33. The van der Waals surface area contributed by atoms with Crippen molar-refractivity contribution in [2.45, 2.75) is 33.2 Å². The van der Waals surface area contributed by atoms with Crippen molar-refractivity contribution in [2.75, 3.05) is 19.0 Å². The van der Waals surface area contributed by atoms with Crippen molar-refractivity contribution in [3.8, 4) is 0 Å². The first-order valence-corrected chi connectivity index (χ1v) is 6.47. The van der Waals surface area contributed by atoms with Crippen molar-refractivity contribution in [1.82, 2.24) is 5.32 Å². The van der Waals surface area contributed by atoms with Crippen LogP contribution in [0.15, 0.2) is 18.2 Å². The molecule has 0 aliphatic heterocycles. The van der Waals surface area contributed by atoms with Crippen LogP contribution < -0.4 is 10.6 Å². The lowest BCUT2D eigenvalue weighted by molar-refractivity contribution is -0.115. The standard InChI is InChI=1S/C15H22N2O3/c1-10-6-7-11(14(19)20-5)8-12(10)17-13(18)9-16-15(2,3)4/h6-8,16H,9H2,1-5H3,(H,17,18). The zero-order chi connectivity index (χ0) is 15.3. The summed E-state index contributed by atoms with van der Waals surface area (Å²) in [6.07, 6.45) is 0. The van der Waals surface area contributed by atoms with Crippen molar-refractivity contribution in [1.29, 1.82) is 0 Å². The molecule has 5 nitrogen and oxygen atoms in total. The quantitative estimate of drug-likeness (QED) is 0.828. The van der Waals surface area contributed by atoms with Crippen LogP contribution in [-0.4, -0.2) is 31.1 Å². The lowest BCUT2D eigenvalue weighted by Crippen LogP contribution is -2.41. The lowest BCUT2D eigenvalue weighted by Gasteiger charge is -2.20. The highest BCUT2D eigenvalue weighted by molar-refractivity contribution is 5.96. The third kappa shape index (κ3) is 5.01. The third-order valence-corrected chi connectivity index (χ3v) is 2.71. The predicted octanol–water partition coefficient (Wildman–Crippen LogP) is 2.11. The highest BCUT2D eigenvalue weighted by Gasteiger charge is 2.13. The molecule has 0 saturated carbocycles. The zero-order valence-electron chi connectivity index (χ0n) is 12.7. The summed E-state index contributed by atoms with van der Waals surface area (Å²) in [6.45, 7) is 8.05.